The summed E-state index contributed by atoms with van der Waals surface area (Å²) in [4.78, 5) is 16.5. The van der Waals surface area contributed by atoms with Gasteiger partial charge in [0.25, 0.3) is 5.91 Å². The number of amides is 1. The smallest absolute Gasteiger partial charge is 0.282 e. The molecule has 1 saturated heterocycles. The quantitative estimate of drug-likeness (QED) is 0.750. The minimum absolute atomic E-state index is 0.0607. The standard InChI is InChI=1S/C23H25N3O/c1-18(25-13-15-26(16-14-25)22-9-3-2-4-10-22)23(27)24-21-12-11-19-7-5-6-8-20(19)17-21/h2-12,17-18H,13-16H2,1H3,(H,24,27)/p+1/t18-/m0/s1. The third-order valence-corrected chi connectivity index (χ3v) is 5.55. The predicted molar refractivity (Wildman–Crippen MR) is 111 cm³/mol. The van der Waals surface area contributed by atoms with E-state index in [4.69, 9.17) is 0 Å². The van der Waals surface area contributed by atoms with Gasteiger partial charge in [-0.25, -0.2) is 0 Å². The Balaban J connectivity index is 1.36. The van der Waals surface area contributed by atoms with Gasteiger partial charge in [-0.05, 0) is 42.0 Å². The van der Waals surface area contributed by atoms with E-state index in [1.807, 2.05) is 37.3 Å². The van der Waals surface area contributed by atoms with E-state index in [9.17, 15) is 4.79 Å². The average Bonchev–Trinajstić information content (AvgIpc) is 2.74. The summed E-state index contributed by atoms with van der Waals surface area (Å²) in [5.41, 5.74) is 2.14. The fraction of sp³-hybridized carbons (Fsp3) is 0.261. The summed E-state index contributed by atoms with van der Waals surface area (Å²) in [6.45, 7) is 5.94. The fourth-order valence-electron chi connectivity index (χ4n) is 3.83. The van der Waals surface area contributed by atoms with Gasteiger partial charge in [0.2, 0.25) is 0 Å². The van der Waals surface area contributed by atoms with Gasteiger partial charge >= 0.3 is 0 Å². The Morgan fingerprint density at radius 3 is 2.33 bits per heavy atom. The fourth-order valence-corrected chi connectivity index (χ4v) is 3.83. The van der Waals surface area contributed by atoms with Crippen LogP contribution in [0.25, 0.3) is 10.8 Å². The number of quaternary nitrogens is 1. The second-order valence-corrected chi connectivity index (χ2v) is 7.25. The molecule has 1 fully saturated rings. The second-order valence-electron chi connectivity index (χ2n) is 7.25. The van der Waals surface area contributed by atoms with Crippen LogP contribution in [0, 0.1) is 0 Å². The van der Waals surface area contributed by atoms with Crippen LogP contribution in [-0.2, 0) is 4.79 Å². The summed E-state index contributed by atoms with van der Waals surface area (Å²) in [5.74, 6) is 0.0912. The number of nitrogens with zero attached hydrogens (tertiary/aromatic N) is 1. The first-order valence-electron chi connectivity index (χ1n) is 9.65. The highest BCUT2D eigenvalue weighted by Crippen LogP contribution is 2.19. The van der Waals surface area contributed by atoms with E-state index in [1.165, 1.54) is 16.0 Å². The lowest BCUT2D eigenvalue weighted by molar-refractivity contribution is -0.914. The highest BCUT2D eigenvalue weighted by molar-refractivity contribution is 5.96. The maximum atomic E-state index is 12.8. The van der Waals surface area contributed by atoms with Crippen molar-refractivity contribution in [3.05, 3.63) is 72.8 Å². The van der Waals surface area contributed by atoms with E-state index in [0.717, 1.165) is 37.3 Å². The van der Waals surface area contributed by atoms with E-state index in [0.29, 0.717) is 0 Å². The zero-order valence-corrected chi connectivity index (χ0v) is 15.7. The van der Waals surface area contributed by atoms with Crippen molar-refractivity contribution in [1.29, 1.82) is 0 Å². The van der Waals surface area contributed by atoms with E-state index in [2.05, 4.69) is 52.7 Å². The van der Waals surface area contributed by atoms with Crippen LogP contribution in [0.2, 0.25) is 0 Å². The third kappa shape index (κ3) is 3.96. The number of benzene rings is 3. The number of anilines is 2. The number of para-hydroxylation sites is 1. The molecule has 1 amide bonds. The van der Waals surface area contributed by atoms with Crippen molar-refractivity contribution >= 4 is 28.1 Å². The van der Waals surface area contributed by atoms with Gasteiger partial charge in [0.15, 0.2) is 6.04 Å². The number of piperazine rings is 1. The van der Waals surface area contributed by atoms with Crippen LogP contribution in [-0.4, -0.2) is 38.1 Å². The molecule has 0 saturated carbocycles. The van der Waals surface area contributed by atoms with Gasteiger partial charge in [-0.3, -0.25) is 4.79 Å². The molecule has 1 heterocycles. The number of rotatable bonds is 4. The predicted octanol–water partition coefficient (Wildman–Crippen LogP) is 2.57. The first kappa shape index (κ1) is 17.6. The Kier molecular flexibility index (Phi) is 5.07. The van der Waals surface area contributed by atoms with Crippen LogP contribution in [0.1, 0.15) is 6.92 Å². The Labute approximate surface area is 160 Å². The molecule has 0 aromatic heterocycles. The van der Waals surface area contributed by atoms with E-state index in [1.54, 1.807) is 0 Å². The van der Waals surface area contributed by atoms with Crippen LogP contribution in [0.5, 0.6) is 0 Å². The SMILES string of the molecule is C[C@@H](C(=O)Nc1ccc2ccccc2c1)[NH+]1CCN(c2ccccc2)CC1. The molecular formula is C23H26N3O+. The zero-order chi connectivity index (χ0) is 18.6. The first-order chi connectivity index (χ1) is 13.2. The van der Waals surface area contributed by atoms with Crippen LogP contribution in [0.4, 0.5) is 11.4 Å². The van der Waals surface area contributed by atoms with Gasteiger partial charge in [-0.2, -0.15) is 0 Å². The van der Waals surface area contributed by atoms with Crippen molar-refractivity contribution < 1.29 is 9.69 Å². The summed E-state index contributed by atoms with van der Waals surface area (Å²) >= 11 is 0. The largest absolute Gasteiger partial charge is 0.360 e. The summed E-state index contributed by atoms with van der Waals surface area (Å²) < 4.78 is 0. The normalized spacial score (nSPS) is 16.3. The minimum Gasteiger partial charge on any atom is -0.360 e. The van der Waals surface area contributed by atoms with Crippen LogP contribution in [0.3, 0.4) is 0 Å². The lowest BCUT2D eigenvalue weighted by Crippen LogP contribution is -3.19. The molecule has 0 radical (unpaired) electrons. The molecule has 3 aromatic carbocycles. The van der Waals surface area contributed by atoms with Crippen molar-refractivity contribution in [1.82, 2.24) is 0 Å². The maximum absolute atomic E-state index is 12.8. The lowest BCUT2D eigenvalue weighted by Gasteiger charge is -2.36. The number of hydrogen-bond donors (Lipinski definition) is 2. The average molecular weight is 360 g/mol. The highest BCUT2D eigenvalue weighted by atomic mass is 16.2. The van der Waals surface area contributed by atoms with Crippen molar-refractivity contribution in [3.63, 3.8) is 0 Å². The summed E-state index contributed by atoms with van der Waals surface area (Å²) in [6.07, 6.45) is 0. The van der Waals surface area contributed by atoms with Crippen LogP contribution in [0.15, 0.2) is 72.8 Å². The molecule has 1 aliphatic heterocycles. The lowest BCUT2D eigenvalue weighted by atomic mass is 10.1. The summed E-state index contributed by atoms with van der Waals surface area (Å²) in [7, 11) is 0. The highest BCUT2D eigenvalue weighted by Gasteiger charge is 2.29. The van der Waals surface area contributed by atoms with Crippen LogP contribution < -0.4 is 15.1 Å². The topological polar surface area (TPSA) is 36.8 Å². The molecule has 4 heteroatoms. The molecule has 0 aliphatic carbocycles. The van der Waals surface area contributed by atoms with E-state index in [-0.39, 0.29) is 11.9 Å². The minimum atomic E-state index is -0.0607. The molecule has 1 aliphatic rings. The van der Waals surface area contributed by atoms with Gasteiger partial charge in [-0.15, -0.1) is 0 Å². The van der Waals surface area contributed by atoms with Crippen molar-refractivity contribution in [2.45, 2.75) is 13.0 Å². The van der Waals surface area contributed by atoms with Gasteiger partial charge in [0, 0.05) is 11.4 Å². The van der Waals surface area contributed by atoms with Crippen LogP contribution >= 0.6 is 0 Å². The number of nitrogens with one attached hydrogen (secondary N) is 2. The number of fused-ring (bicyclic) bond motifs is 1. The molecule has 3 aromatic rings. The van der Waals surface area contributed by atoms with Crippen molar-refractivity contribution in [2.75, 3.05) is 36.4 Å². The molecule has 0 spiro atoms. The molecule has 0 unspecified atom stereocenters. The Hall–Kier alpha value is -2.85. The van der Waals surface area contributed by atoms with E-state index < -0.39 is 0 Å². The Morgan fingerprint density at radius 1 is 0.926 bits per heavy atom. The second kappa shape index (κ2) is 7.80. The van der Waals surface area contributed by atoms with Gasteiger partial charge in [0.1, 0.15) is 0 Å². The molecule has 4 nitrogen and oxygen atoms in total. The third-order valence-electron chi connectivity index (χ3n) is 5.55. The Morgan fingerprint density at radius 2 is 1.59 bits per heavy atom. The maximum Gasteiger partial charge on any atom is 0.282 e. The molecule has 27 heavy (non-hydrogen) atoms. The number of hydrogen-bond acceptors (Lipinski definition) is 2. The molecule has 0 bridgehead atoms. The van der Waals surface area contributed by atoms with Crippen molar-refractivity contribution in [2.24, 2.45) is 0 Å². The van der Waals surface area contributed by atoms with Gasteiger partial charge < -0.3 is 15.1 Å². The van der Waals surface area contributed by atoms with Crippen molar-refractivity contribution in [3.8, 4) is 0 Å². The first-order valence-corrected chi connectivity index (χ1v) is 9.65. The number of carbonyl (C=O) groups is 1. The summed E-state index contributed by atoms with van der Waals surface area (Å²) in [6, 6.07) is 24.7. The molecule has 1 atom stereocenters. The monoisotopic (exact) mass is 360 g/mol. The molecular weight excluding hydrogens is 334 g/mol. The van der Waals surface area contributed by atoms with E-state index >= 15 is 0 Å². The van der Waals surface area contributed by atoms with Gasteiger partial charge in [0.05, 0.1) is 26.2 Å². The Bertz CT molecular complexity index is 917. The van der Waals surface area contributed by atoms with Gasteiger partial charge in [-0.1, -0.05) is 48.5 Å². The number of carbonyl (C=O) groups excluding carboxylic acids is 1. The molecule has 4 rings (SSSR count). The molecule has 138 valence electrons. The summed E-state index contributed by atoms with van der Waals surface area (Å²) in [5, 5.41) is 5.43. The molecule has 2 N–H and O–H groups in total. The zero-order valence-electron chi connectivity index (χ0n) is 15.7.